The average molecular weight is 1160 g/mol. The summed E-state index contributed by atoms with van der Waals surface area (Å²) < 4.78 is 34.5. The maximum atomic E-state index is 12.8. The summed E-state index contributed by atoms with van der Waals surface area (Å²) in [6, 6.07) is 0. The molecule has 464 valence electrons. The summed E-state index contributed by atoms with van der Waals surface area (Å²) in [7, 11) is 1.42. The molecule has 2 atom stereocenters. The molecule has 0 aromatic carbocycles. The fourth-order valence-electron chi connectivity index (χ4n) is 8.20. The summed E-state index contributed by atoms with van der Waals surface area (Å²) in [6.07, 6.45) is 92.1. The van der Waals surface area contributed by atoms with Crippen molar-refractivity contribution in [1.29, 1.82) is 0 Å². The molecule has 0 aliphatic rings. The van der Waals surface area contributed by atoms with Crippen LogP contribution in [-0.2, 0) is 32.7 Å². The van der Waals surface area contributed by atoms with Gasteiger partial charge in [-0.2, -0.15) is 0 Å². The first-order valence-corrected chi connectivity index (χ1v) is 33.7. The molecule has 0 rings (SSSR count). The van der Waals surface area contributed by atoms with Crippen molar-refractivity contribution in [2.45, 2.75) is 238 Å². The molecular formula is C72H119NO8P+. The van der Waals surface area contributed by atoms with Gasteiger partial charge in [0.25, 0.3) is 0 Å². The van der Waals surface area contributed by atoms with E-state index in [1.807, 2.05) is 33.3 Å². The highest BCUT2D eigenvalue weighted by Gasteiger charge is 2.27. The largest absolute Gasteiger partial charge is 0.472 e. The van der Waals surface area contributed by atoms with E-state index >= 15 is 0 Å². The number of hydrogen-bond donors (Lipinski definition) is 1. The van der Waals surface area contributed by atoms with Crippen LogP contribution in [0.15, 0.2) is 158 Å². The van der Waals surface area contributed by atoms with E-state index < -0.39 is 32.5 Å². The first-order valence-electron chi connectivity index (χ1n) is 32.2. The molecule has 2 unspecified atom stereocenters. The van der Waals surface area contributed by atoms with Crippen LogP contribution in [0.1, 0.15) is 232 Å². The quantitative estimate of drug-likeness (QED) is 0.0211. The molecule has 0 aliphatic heterocycles. The fourth-order valence-corrected chi connectivity index (χ4v) is 8.94. The maximum absolute atomic E-state index is 12.8. The van der Waals surface area contributed by atoms with Crippen molar-refractivity contribution in [3.05, 3.63) is 158 Å². The van der Waals surface area contributed by atoms with Crippen molar-refractivity contribution >= 4 is 19.8 Å². The van der Waals surface area contributed by atoms with Crippen molar-refractivity contribution in [2.24, 2.45) is 0 Å². The molecule has 1 N–H and O–H groups in total. The van der Waals surface area contributed by atoms with Gasteiger partial charge in [0.15, 0.2) is 6.10 Å². The lowest BCUT2D eigenvalue weighted by molar-refractivity contribution is -0.870. The Morgan fingerprint density at radius 3 is 1.02 bits per heavy atom. The van der Waals surface area contributed by atoms with E-state index in [4.69, 9.17) is 18.5 Å². The Bertz CT molecular complexity index is 1940. The molecule has 0 fully saturated rings. The van der Waals surface area contributed by atoms with Gasteiger partial charge in [0, 0.05) is 12.8 Å². The van der Waals surface area contributed by atoms with Crippen LogP contribution in [0.3, 0.4) is 0 Å². The molecular weight excluding hydrogens is 1040 g/mol. The van der Waals surface area contributed by atoms with E-state index in [9.17, 15) is 19.0 Å². The summed E-state index contributed by atoms with van der Waals surface area (Å²) in [5.41, 5.74) is 0. The fraction of sp³-hybridized carbons (Fsp3) is 0.611. The van der Waals surface area contributed by atoms with Gasteiger partial charge >= 0.3 is 19.8 Å². The Morgan fingerprint density at radius 2 is 0.683 bits per heavy atom. The van der Waals surface area contributed by atoms with E-state index in [1.54, 1.807) is 0 Å². The van der Waals surface area contributed by atoms with E-state index in [-0.39, 0.29) is 26.1 Å². The van der Waals surface area contributed by atoms with Crippen LogP contribution in [0, 0.1) is 0 Å². The molecule has 0 spiro atoms. The van der Waals surface area contributed by atoms with Crippen LogP contribution >= 0.6 is 7.82 Å². The summed E-state index contributed by atoms with van der Waals surface area (Å²) in [6.45, 7) is 4.11. The molecule has 0 bridgehead atoms. The second-order valence-corrected chi connectivity index (χ2v) is 23.5. The number of ether oxygens (including phenoxy) is 2. The number of esters is 2. The van der Waals surface area contributed by atoms with Gasteiger partial charge in [0.2, 0.25) is 0 Å². The predicted octanol–water partition coefficient (Wildman–Crippen LogP) is 20.8. The highest BCUT2D eigenvalue weighted by molar-refractivity contribution is 7.47. The van der Waals surface area contributed by atoms with Crippen LogP contribution in [0.25, 0.3) is 0 Å². The molecule has 0 heterocycles. The van der Waals surface area contributed by atoms with E-state index in [2.05, 4.69) is 160 Å². The zero-order chi connectivity index (χ0) is 59.8. The molecule has 0 amide bonds. The highest BCUT2D eigenvalue weighted by Crippen LogP contribution is 2.43. The van der Waals surface area contributed by atoms with Gasteiger partial charge in [-0.25, -0.2) is 4.57 Å². The molecule has 0 aliphatic carbocycles. The molecule has 9 nitrogen and oxygen atoms in total. The SMILES string of the molecule is CC/C=C\C/C=C\C/C=C\C/C=C\C/C=C\C/C=C\C/C=C\CCCCCCCCCCCCCCCCCCCC(=O)OC(COC(=O)CC/C=C\C/C=C\C/C=C\C/C=C\C/C=C\C/C=C\CC)COP(=O)(O)OCC[N+](C)(C)C. The van der Waals surface area contributed by atoms with Crippen molar-refractivity contribution in [3.8, 4) is 0 Å². The third-order valence-corrected chi connectivity index (χ3v) is 14.1. The van der Waals surface area contributed by atoms with Gasteiger partial charge in [-0.15, -0.1) is 0 Å². The summed E-state index contributed by atoms with van der Waals surface area (Å²) in [4.78, 5) is 35.7. The number of unbranched alkanes of at least 4 members (excludes halogenated alkanes) is 17. The van der Waals surface area contributed by atoms with Crippen LogP contribution in [0.4, 0.5) is 0 Å². The molecule has 10 heteroatoms. The number of phosphoric acid groups is 1. The van der Waals surface area contributed by atoms with Gasteiger partial charge in [-0.05, 0) is 109 Å². The molecule has 0 radical (unpaired) electrons. The number of carbonyl (C=O) groups is 2. The molecule has 82 heavy (non-hydrogen) atoms. The normalized spacial score (nSPS) is 14.3. The minimum Gasteiger partial charge on any atom is -0.462 e. The Morgan fingerprint density at radius 1 is 0.378 bits per heavy atom. The third-order valence-electron chi connectivity index (χ3n) is 13.1. The van der Waals surface area contributed by atoms with Crippen LogP contribution in [0.5, 0.6) is 0 Å². The van der Waals surface area contributed by atoms with Crippen LogP contribution < -0.4 is 0 Å². The van der Waals surface area contributed by atoms with Gasteiger partial charge in [-0.1, -0.05) is 268 Å². The smallest absolute Gasteiger partial charge is 0.462 e. The highest BCUT2D eigenvalue weighted by atomic mass is 31.2. The lowest BCUT2D eigenvalue weighted by Gasteiger charge is -2.24. The standard InChI is InChI=1S/C72H118NO8P/c1-6-8-10-12-14-16-18-20-22-24-26-27-28-29-30-31-32-33-34-35-36-37-38-39-40-41-42-43-44-45-47-49-51-53-55-57-59-61-63-65-72(75)81-70(69-80-82(76,77)79-67-66-73(3,4)5)68-78-71(74)64-62-60-58-56-54-52-50-48-46-25-23-21-19-17-15-13-11-9-7-2/h8-11,14-17,20-23,26-27,29-30,32-33,35-36,46,48,52,54,58,60,70H,6-7,12-13,18-19,24-25,28,31,34,37-45,47,49-51,53,55-57,59,61-69H2,1-5H3/p+1/b10-8-,11-9-,16-14-,17-15-,22-20-,23-21-,27-26-,30-29-,33-32-,36-35-,48-46-,54-52-,60-58-. The number of allylic oxidation sites excluding steroid dienone is 26. The maximum Gasteiger partial charge on any atom is 0.472 e. The predicted molar refractivity (Wildman–Crippen MR) is 353 cm³/mol. The van der Waals surface area contributed by atoms with Crippen molar-refractivity contribution in [3.63, 3.8) is 0 Å². The summed E-state index contributed by atoms with van der Waals surface area (Å²) >= 11 is 0. The zero-order valence-corrected chi connectivity index (χ0v) is 53.6. The molecule has 0 saturated heterocycles. The first-order chi connectivity index (χ1) is 40.0. The minimum absolute atomic E-state index is 0.0136. The Kier molecular flexibility index (Phi) is 57.9. The van der Waals surface area contributed by atoms with Gasteiger partial charge in [-0.3, -0.25) is 18.6 Å². The first kappa shape index (κ1) is 77.6. The van der Waals surface area contributed by atoms with Crippen LogP contribution in [-0.4, -0.2) is 74.9 Å². The van der Waals surface area contributed by atoms with Gasteiger partial charge in [0.1, 0.15) is 19.8 Å². The third kappa shape index (κ3) is 64.8. The Hall–Kier alpha value is -4.37. The number of nitrogens with zero attached hydrogens (tertiary/aromatic N) is 1. The van der Waals surface area contributed by atoms with Gasteiger partial charge in [0.05, 0.1) is 27.7 Å². The van der Waals surface area contributed by atoms with Crippen LogP contribution in [0.2, 0.25) is 0 Å². The summed E-state index contributed by atoms with van der Waals surface area (Å²) in [5.74, 6) is -0.902. The molecule has 0 aromatic rings. The second kappa shape index (κ2) is 61.2. The number of carbonyl (C=O) groups excluding carboxylic acids is 2. The Labute approximate surface area is 503 Å². The van der Waals surface area contributed by atoms with Crippen molar-refractivity contribution in [2.75, 3.05) is 47.5 Å². The summed E-state index contributed by atoms with van der Waals surface area (Å²) in [5, 5.41) is 0. The topological polar surface area (TPSA) is 108 Å². The average Bonchev–Trinajstić information content (AvgIpc) is 3.46. The van der Waals surface area contributed by atoms with Gasteiger partial charge < -0.3 is 18.9 Å². The Balaban J connectivity index is 4.10. The number of likely N-dealkylation sites (N-methyl/N-ethyl adjacent to an activating group) is 1. The van der Waals surface area contributed by atoms with E-state index in [0.29, 0.717) is 23.9 Å². The molecule has 0 aromatic heterocycles. The number of hydrogen-bond acceptors (Lipinski definition) is 7. The second-order valence-electron chi connectivity index (χ2n) is 22.0. The lowest BCUT2D eigenvalue weighted by Crippen LogP contribution is -2.37. The van der Waals surface area contributed by atoms with E-state index in [0.717, 1.165) is 103 Å². The zero-order valence-electron chi connectivity index (χ0n) is 52.7. The lowest BCUT2D eigenvalue weighted by atomic mass is 10.0. The number of quaternary nitrogens is 1. The number of rotatable bonds is 57. The minimum atomic E-state index is -4.41. The monoisotopic (exact) mass is 1160 g/mol. The number of phosphoric ester groups is 1. The molecule has 0 saturated carbocycles. The van der Waals surface area contributed by atoms with E-state index in [1.165, 1.54) is 89.9 Å². The van der Waals surface area contributed by atoms with Crippen molar-refractivity contribution < 1.29 is 42.1 Å². The van der Waals surface area contributed by atoms with Crippen molar-refractivity contribution in [1.82, 2.24) is 0 Å².